The third kappa shape index (κ3) is 3.53. The van der Waals surface area contributed by atoms with Crippen molar-refractivity contribution in [2.45, 2.75) is 0 Å². The zero-order valence-corrected chi connectivity index (χ0v) is 12.5. The number of hydrogen-bond donors (Lipinski definition) is 2. The largest absolute Gasteiger partial charge is 0.468 e. The van der Waals surface area contributed by atoms with E-state index in [0.717, 1.165) is 24.9 Å². The van der Waals surface area contributed by atoms with Crippen LogP contribution in [0.1, 0.15) is 0 Å². The molecular weight excluding hydrogens is 296 g/mol. The van der Waals surface area contributed by atoms with E-state index in [-0.39, 0.29) is 23.2 Å². The highest BCUT2D eigenvalue weighted by atomic mass is 16.5. The average molecular weight is 312 g/mol. The summed E-state index contributed by atoms with van der Waals surface area (Å²) in [6.45, 7) is 0. The van der Waals surface area contributed by atoms with Crippen molar-refractivity contribution < 1.29 is 23.8 Å². The molecule has 10 nitrogen and oxygen atoms in total. The van der Waals surface area contributed by atoms with E-state index in [1.165, 1.54) is 14.2 Å². The highest BCUT2D eigenvalue weighted by molar-refractivity contribution is 5.99. The minimum Gasteiger partial charge on any atom is -0.468 e. The zero-order chi connectivity index (χ0) is 16.9. The summed E-state index contributed by atoms with van der Waals surface area (Å²) in [4.78, 5) is 38.9. The van der Waals surface area contributed by atoms with Gasteiger partial charge in [0.15, 0.2) is 5.82 Å². The monoisotopic (exact) mass is 312 g/mol. The molecule has 0 bridgehead atoms. The van der Waals surface area contributed by atoms with Crippen LogP contribution in [0.3, 0.4) is 0 Å². The predicted octanol–water partition coefficient (Wildman–Crippen LogP) is -0.987. The number of carbonyl (C=O) groups excluding carboxylic acids is 2. The highest BCUT2D eigenvalue weighted by Gasteiger charge is 2.19. The third-order valence-electron chi connectivity index (χ3n) is 2.59. The Morgan fingerprint density at radius 1 is 1.27 bits per heavy atom. The minimum atomic E-state index is -0.886. The summed E-state index contributed by atoms with van der Waals surface area (Å²) in [6.07, 6.45) is 0.828. The number of ether oxygens (including phenoxy) is 3. The third-order valence-corrected chi connectivity index (χ3v) is 2.59. The quantitative estimate of drug-likeness (QED) is 0.519. The second kappa shape index (κ2) is 7.11. The fraction of sp³-hybridized carbons (Fsp3) is 0.333. The van der Waals surface area contributed by atoms with E-state index in [1.807, 2.05) is 0 Å². The van der Waals surface area contributed by atoms with Crippen molar-refractivity contribution in [1.29, 1.82) is 0 Å². The highest BCUT2D eigenvalue weighted by Crippen LogP contribution is 2.16. The maximum Gasteiger partial charge on any atom is 0.354 e. The Bertz CT molecular complexity index is 679. The van der Waals surface area contributed by atoms with Gasteiger partial charge < -0.3 is 25.3 Å². The van der Waals surface area contributed by atoms with Crippen LogP contribution < -0.4 is 21.3 Å². The van der Waals surface area contributed by atoms with Crippen molar-refractivity contribution in [3.63, 3.8) is 0 Å². The number of anilines is 2. The molecule has 0 aliphatic rings. The molecule has 0 fully saturated rings. The van der Waals surface area contributed by atoms with E-state index in [1.54, 1.807) is 0 Å². The summed E-state index contributed by atoms with van der Waals surface area (Å²) in [5.41, 5.74) is 4.52. The molecule has 0 aromatic carbocycles. The lowest BCUT2D eigenvalue weighted by molar-refractivity contribution is -0.138. The van der Waals surface area contributed by atoms with Gasteiger partial charge in [-0.05, 0) is 0 Å². The van der Waals surface area contributed by atoms with Crippen LogP contribution in [0.25, 0.3) is 0 Å². The van der Waals surface area contributed by atoms with E-state index in [0.29, 0.717) is 0 Å². The normalized spacial score (nSPS) is 10.8. The van der Waals surface area contributed by atoms with Crippen LogP contribution in [-0.2, 0) is 26.1 Å². The summed E-state index contributed by atoms with van der Waals surface area (Å²) in [7, 11) is 4.98. The number of nitrogens with two attached hydrogens (primary N) is 1. The standard InChI is InChI=1S/C12H16N4O6/c1-16-10(18)8(9(13)15-12(16)22-4)14-6(11(19)21-3)5-7(17)20-2/h5,14H,13H2,1-4H3/b6-5-. The predicted molar refractivity (Wildman–Crippen MR) is 76.2 cm³/mol. The second-order valence-corrected chi connectivity index (χ2v) is 3.92. The van der Waals surface area contributed by atoms with Gasteiger partial charge in [0.25, 0.3) is 5.56 Å². The maximum absolute atomic E-state index is 12.2. The Balaban J connectivity index is 3.34. The first-order valence-corrected chi connectivity index (χ1v) is 5.91. The Hall–Kier alpha value is -3.04. The number of aromatic nitrogens is 2. The number of nitrogens with zero attached hydrogens (tertiary/aromatic N) is 2. The summed E-state index contributed by atoms with van der Waals surface area (Å²) in [5.74, 6) is -1.91. The van der Waals surface area contributed by atoms with Gasteiger partial charge in [0.2, 0.25) is 0 Å². The van der Waals surface area contributed by atoms with Crippen molar-refractivity contribution in [2.24, 2.45) is 7.05 Å². The maximum atomic E-state index is 12.2. The molecule has 1 rings (SSSR count). The number of carbonyl (C=O) groups is 2. The zero-order valence-electron chi connectivity index (χ0n) is 12.5. The van der Waals surface area contributed by atoms with Crippen LogP contribution in [-0.4, -0.2) is 42.8 Å². The number of methoxy groups -OCH3 is 3. The van der Waals surface area contributed by atoms with Gasteiger partial charge in [-0.1, -0.05) is 0 Å². The molecule has 0 radical (unpaired) electrons. The van der Waals surface area contributed by atoms with Crippen LogP contribution in [0.2, 0.25) is 0 Å². The molecule has 0 saturated heterocycles. The van der Waals surface area contributed by atoms with Gasteiger partial charge in [0.05, 0.1) is 27.4 Å². The van der Waals surface area contributed by atoms with Crippen LogP contribution >= 0.6 is 0 Å². The molecule has 0 atom stereocenters. The van der Waals surface area contributed by atoms with E-state index in [9.17, 15) is 14.4 Å². The van der Waals surface area contributed by atoms with Crippen molar-refractivity contribution in [3.05, 3.63) is 22.1 Å². The molecule has 0 unspecified atom stereocenters. The van der Waals surface area contributed by atoms with Gasteiger partial charge in [0.1, 0.15) is 11.4 Å². The Morgan fingerprint density at radius 2 is 1.91 bits per heavy atom. The van der Waals surface area contributed by atoms with Gasteiger partial charge in [-0.25, -0.2) is 9.59 Å². The molecular formula is C12H16N4O6. The lowest BCUT2D eigenvalue weighted by Gasteiger charge is -2.13. The van der Waals surface area contributed by atoms with Gasteiger partial charge in [0, 0.05) is 7.05 Å². The first-order chi connectivity index (χ1) is 10.3. The number of esters is 2. The molecule has 1 aromatic heterocycles. The minimum absolute atomic E-state index is 0.00962. The van der Waals surface area contributed by atoms with Crippen molar-refractivity contribution in [1.82, 2.24) is 9.55 Å². The molecule has 0 aliphatic heterocycles. The van der Waals surface area contributed by atoms with E-state index in [4.69, 9.17) is 10.5 Å². The lowest BCUT2D eigenvalue weighted by atomic mass is 10.3. The molecule has 0 saturated carbocycles. The van der Waals surface area contributed by atoms with E-state index >= 15 is 0 Å². The topological polar surface area (TPSA) is 135 Å². The van der Waals surface area contributed by atoms with Crippen molar-refractivity contribution in [3.8, 4) is 6.01 Å². The first kappa shape index (κ1) is 17.0. The second-order valence-electron chi connectivity index (χ2n) is 3.92. The van der Waals surface area contributed by atoms with Crippen molar-refractivity contribution in [2.75, 3.05) is 32.4 Å². The summed E-state index contributed by atoms with van der Waals surface area (Å²) < 4.78 is 14.9. The summed E-state index contributed by atoms with van der Waals surface area (Å²) in [5, 5.41) is 2.43. The molecule has 10 heteroatoms. The summed E-state index contributed by atoms with van der Waals surface area (Å²) in [6, 6.07) is -0.00962. The van der Waals surface area contributed by atoms with E-state index < -0.39 is 17.5 Å². The fourth-order valence-corrected chi connectivity index (χ4v) is 1.47. The van der Waals surface area contributed by atoms with E-state index in [2.05, 4.69) is 19.8 Å². The Labute approximate surface area is 125 Å². The van der Waals surface area contributed by atoms with Crippen LogP contribution in [0.15, 0.2) is 16.6 Å². The number of rotatable bonds is 5. The molecule has 1 aromatic rings. The van der Waals surface area contributed by atoms with Crippen LogP contribution in [0.5, 0.6) is 6.01 Å². The van der Waals surface area contributed by atoms with Crippen LogP contribution in [0, 0.1) is 0 Å². The molecule has 22 heavy (non-hydrogen) atoms. The molecule has 0 aliphatic carbocycles. The van der Waals surface area contributed by atoms with Gasteiger partial charge >= 0.3 is 17.9 Å². The van der Waals surface area contributed by atoms with Gasteiger partial charge in [-0.15, -0.1) is 0 Å². The van der Waals surface area contributed by atoms with Crippen molar-refractivity contribution >= 4 is 23.4 Å². The molecule has 0 spiro atoms. The number of nitrogen functional groups attached to an aromatic ring is 1. The smallest absolute Gasteiger partial charge is 0.354 e. The summed E-state index contributed by atoms with van der Waals surface area (Å²) >= 11 is 0. The SMILES string of the molecule is COC(=O)/C=C(\Nc1c(N)nc(OC)n(C)c1=O)C(=O)OC. The Kier molecular flexibility index (Phi) is 5.50. The number of hydrogen-bond acceptors (Lipinski definition) is 9. The Morgan fingerprint density at radius 3 is 2.41 bits per heavy atom. The molecule has 1 heterocycles. The van der Waals surface area contributed by atoms with Gasteiger partial charge in [-0.3, -0.25) is 9.36 Å². The lowest BCUT2D eigenvalue weighted by Crippen LogP contribution is -2.27. The average Bonchev–Trinajstić information content (AvgIpc) is 2.52. The molecule has 120 valence electrons. The first-order valence-electron chi connectivity index (χ1n) is 5.91. The fourth-order valence-electron chi connectivity index (χ4n) is 1.47. The van der Waals surface area contributed by atoms with Crippen LogP contribution in [0.4, 0.5) is 11.5 Å². The molecule has 3 N–H and O–H groups in total. The molecule has 0 amide bonds. The van der Waals surface area contributed by atoms with Gasteiger partial charge in [-0.2, -0.15) is 4.98 Å². The number of nitrogens with one attached hydrogen (secondary N) is 1.